The molecule has 0 aromatic carbocycles. The van der Waals surface area contributed by atoms with Gasteiger partial charge in [-0.05, 0) is 44.0 Å². The van der Waals surface area contributed by atoms with Gasteiger partial charge in [0.2, 0.25) is 5.91 Å². The second-order valence-electron chi connectivity index (χ2n) is 7.22. The Morgan fingerprint density at radius 1 is 1.22 bits per heavy atom. The van der Waals surface area contributed by atoms with Crippen LogP contribution in [0.3, 0.4) is 0 Å². The van der Waals surface area contributed by atoms with Gasteiger partial charge in [-0.2, -0.15) is 5.10 Å². The first kappa shape index (κ1) is 17.4. The third-order valence-corrected chi connectivity index (χ3v) is 5.36. The predicted octanol–water partition coefficient (Wildman–Crippen LogP) is 3.22. The minimum atomic E-state index is -0.0548. The van der Waals surface area contributed by atoms with Crippen LogP contribution in [0.2, 0.25) is 0 Å². The Morgan fingerprint density at radius 2 is 2.04 bits per heavy atom. The van der Waals surface area contributed by atoms with Crippen molar-refractivity contribution in [3.63, 3.8) is 0 Å². The van der Waals surface area contributed by atoms with Gasteiger partial charge in [0.05, 0.1) is 17.9 Å². The predicted molar refractivity (Wildman–Crippen MR) is 104 cm³/mol. The average molecular weight is 361 g/mol. The Balaban J connectivity index is 1.79. The number of pyridine rings is 2. The molecule has 0 saturated heterocycles. The lowest BCUT2D eigenvalue weighted by molar-refractivity contribution is -0.122. The van der Waals surface area contributed by atoms with Crippen LogP contribution in [-0.2, 0) is 24.8 Å². The van der Waals surface area contributed by atoms with Crippen molar-refractivity contribution in [1.29, 1.82) is 0 Å². The number of hydrogen-bond acceptors (Lipinski definition) is 4. The lowest BCUT2D eigenvalue weighted by atomic mass is 9.94. The molecule has 6 nitrogen and oxygen atoms in total. The van der Waals surface area contributed by atoms with Gasteiger partial charge >= 0.3 is 0 Å². The van der Waals surface area contributed by atoms with Crippen LogP contribution in [0.5, 0.6) is 0 Å². The van der Waals surface area contributed by atoms with E-state index in [4.69, 9.17) is 4.98 Å². The maximum absolute atomic E-state index is 13.0. The first-order chi connectivity index (χ1) is 13.0. The molecule has 1 unspecified atom stereocenters. The normalized spacial score (nSPS) is 16.5. The number of anilines is 1. The fourth-order valence-corrected chi connectivity index (χ4v) is 3.69. The van der Waals surface area contributed by atoms with Crippen molar-refractivity contribution in [2.45, 2.75) is 33.7 Å². The summed E-state index contributed by atoms with van der Waals surface area (Å²) in [6, 6.07) is 7.97. The first-order valence-electron chi connectivity index (χ1n) is 9.16. The second-order valence-corrected chi connectivity index (χ2v) is 7.22. The highest BCUT2D eigenvalue weighted by molar-refractivity contribution is 5.97. The van der Waals surface area contributed by atoms with Crippen molar-refractivity contribution in [1.82, 2.24) is 19.7 Å². The number of rotatable bonds is 3. The summed E-state index contributed by atoms with van der Waals surface area (Å²) in [5.41, 5.74) is 5.98. The van der Waals surface area contributed by atoms with Crippen LogP contribution >= 0.6 is 0 Å². The van der Waals surface area contributed by atoms with E-state index in [1.165, 1.54) is 0 Å². The van der Waals surface area contributed by atoms with E-state index in [-0.39, 0.29) is 11.8 Å². The van der Waals surface area contributed by atoms with E-state index in [1.807, 2.05) is 55.6 Å². The molecule has 0 spiro atoms. The van der Waals surface area contributed by atoms with Crippen LogP contribution in [0.1, 0.15) is 29.4 Å². The van der Waals surface area contributed by atoms with Gasteiger partial charge in [0.15, 0.2) is 0 Å². The van der Waals surface area contributed by atoms with E-state index in [0.717, 1.165) is 46.0 Å². The molecule has 0 saturated carbocycles. The van der Waals surface area contributed by atoms with Crippen LogP contribution in [0, 0.1) is 19.8 Å². The molecule has 138 valence electrons. The SMILES string of the molecule is Cc1nn(C)c(C)c1CN1C(=O)C(C)Cc2ccc(-c3cccnc3)nc21. The Hall–Kier alpha value is -3.02. The number of aromatic nitrogens is 4. The van der Waals surface area contributed by atoms with Gasteiger partial charge in [-0.15, -0.1) is 0 Å². The monoisotopic (exact) mass is 361 g/mol. The van der Waals surface area contributed by atoms with Crippen LogP contribution in [-0.4, -0.2) is 25.7 Å². The molecule has 0 N–H and O–H groups in total. The van der Waals surface area contributed by atoms with Gasteiger partial charge < -0.3 is 0 Å². The molecule has 0 fully saturated rings. The summed E-state index contributed by atoms with van der Waals surface area (Å²) in [6.07, 6.45) is 4.26. The molecule has 4 rings (SSSR count). The summed E-state index contributed by atoms with van der Waals surface area (Å²) in [5.74, 6) is 0.809. The van der Waals surface area contributed by atoms with Gasteiger partial charge in [0, 0.05) is 42.2 Å². The third-order valence-electron chi connectivity index (χ3n) is 5.36. The molecule has 4 heterocycles. The highest BCUT2D eigenvalue weighted by atomic mass is 16.2. The van der Waals surface area contributed by atoms with E-state index < -0.39 is 0 Å². The minimum Gasteiger partial charge on any atom is -0.292 e. The molecule has 27 heavy (non-hydrogen) atoms. The highest BCUT2D eigenvalue weighted by Crippen LogP contribution is 2.33. The molecular formula is C21H23N5O. The van der Waals surface area contributed by atoms with E-state index in [2.05, 4.69) is 16.1 Å². The zero-order chi connectivity index (χ0) is 19.1. The van der Waals surface area contributed by atoms with Crippen molar-refractivity contribution >= 4 is 11.7 Å². The summed E-state index contributed by atoms with van der Waals surface area (Å²) >= 11 is 0. The van der Waals surface area contributed by atoms with Gasteiger partial charge in [0.1, 0.15) is 5.82 Å². The summed E-state index contributed by atoms with van der Waals surface area (Å²) in [4.78, 5) is 23.9. The third kappa shape index (κ3) is 3.01. The molecular weight excluding hydrogens is 338 g/mol. The average Bonchev–Trinajstić information content (AvgIpc) is 2.91. The number of nitrogens with zero attached hydrogens (tertiary/aromatic N) is 5. The lowest BCUT2D eigenvalue weighted by Crippen LogP contribution is -2.40. The molecule has 6 heteroatoms. The maximum atomic E-state index is 13.0. The standard InChI is InChI=1S/C21H23N5O/c1-13-10-16-7-8-19(17-6-5-9-22-11-17)23-20(16)26(21(13)27)12-18-14(2)24-25(4)15(18)3/h5-9,11,13H,10,12H2,1-4H3. The molecule has 0 aliphatic carbocycles. The summed E-state index contributed by atoms with van der Waals surface area (Å²) in [7, 11) is 1.93. The Bertz CT molecular complexity index is 1010. The topological polar surface area (TPSA) is 63.9 Å². The van der Waals surface area contributed by atoms with E-state index >= 15 is 0 Å². The van der Waals surface area contributed by atoms with Crippen LogP contribution in [0.25, 0.3) is 11.3 Å². The van der Waals surface area contributed by atoms with Crippen molar-refractivity contribution in [2.75, 3.05) is 4.90 Å². The lowest BCUT2D eigenvalue weighted by Gasteiger charge is -2.32. The minimum absolute atomic E-state index is 0.0548. The smallest absolute Gasteiger partial charge is 0.231 e. The van der Waals surface area contributed by atoms with Gasteiger partial charge in [0.25, 0.3) is 0 Å². The van der Waals surface area contributed by atoms with E-state index in [0.29, 0.717) is 6.54 Å². The highest BCUT2D eigenvalue weighted by Gasteiger charge is 2.32. The fraction of sp³-hybridized carbons (Fsp3) is 0.333. The van der Waals surface area contributed by atoms with E-state index in [1.54, 1.807) is 12.4 Å². The number of aryl methyl sites for hydroxylation is 2. The number of amides is 1. The molecule has 3 aromatic rings. The molecule has 1 amide bonds. The fourth-order valence-electron chi connectivity index (χ4n) is 3.69. The molecule has 1 atom stereocenters. The molecule has 0 bridgehead atoms. The van der Waals surface area contributed by atoms with E-state index in [9.17, 15) is 4.79 Å². The second kappa shape index (κ2) is 6.61. The molecule has 0 radical (unpaired) electrons. The Morgan fingerprint density at radius 3 is 2.70 bits per heavy atom. The van der Waals surface area contributed by atoms with Crippen LogP contribution in [0.15, 0.2) is 36.7 Å². The first-order valence-corrected chi connectivity index (χ1v) is 9.16. The largest absolute Gasteiger partial charge is 0.292 e. The zero-order valence-electron chi connectivity index (χ0n) is 16.1. The number of carbonyl (C=O) groups is 1. The molecule has 1 aliphatic heterocycles. The van der Waals surface area contributed by atoms with Crippen molar-refractivity contribution in [2.24, 2.45) is 13.0 Å². The molecule has 3 aromatic heterocycles. The van der Waals surface area contributed by atoms with Crippen molar-refractivity contribution < 1.29 is 4.79 Å². The summed E-state index contributed by atoms with van der Waals surface area (Å²) in [6.45, 7) is 6.50. The maximum Gasteiger partial charge on any atom is 0.231 e. The molecule has 1 aliphatic rings. The number of hydrogen-bond donors (Lipinski definition) is 0. The summed E-state index contributed by atoms with van der Waals surface area (Å²) < 4.78 is 1.86. The van der Waals surface area contributed by atoms with Crippen molar-refractivity contribution in [3.05, 3.63) is 59.2 Å². The van der Waals surface area contributed by atoms with Crippen LogP contribution in [0.4, 0.5) is 5.82 Å². The number of fused-ring (bicyclic) bond motifs is 1. The Labute approximate surface area is 158 Å². The van der Waals surface area contributed by atoms with Gasteiger partial charge in [-0.3, -0.25) is 19.4 Å². The van der Waals surface area contributed by atoms with Crippen molar-refractivity contribution in [3.8, 4) is 11.3 Å². The number of carbonyl (C=O) groups excluding carboxylic acids is 1. The van der Waals surface area contributed by atoms with Crippen LogP contribution < -0.4 is 4.90 Å². The summed E-state index contributed by atoms with van der Waals surface area (Å²) in [5, 5.41) is 4.49. The quantitative estimate of drug-likeness (QED) is 0.718. The van der Waals surface area contributed by atoms with Gasteiger partial charge in [-0.25, -0.2) is 4.98 Å². The Kier molecular flexibility index (Phi) is 4.26. The zero-order valence-corrected chi connectivity index (χ0v) is 16.1. The van der Waals surface area contributed by atoms with Gasteiger partial charge in [-0.1, -0.05) is 13.0 Å².